The molecule has 0 spiro atoms. The molecule has 0 aromatic heterocycles. The molecule has 0 radical (unpaired) electrons. The molecule has 1 amide bonds. The Balaban J connectivity index is 1.75. The molecule has 7 heteroatoms. The molecule has 0 saturated heterocycles. The highest BCUT2D eigenvalue weighted by Gasteiger charge is 2.18. The van der Waals surface area contributed by atoms with Crippen molar-refractivity contribution in [3.8, 4) is 17.2 Å². The van der Waals surface area contributed by atoms with Gasteiger partial charge in [0.1, 0.15) is 5.75 Å². The fraction of sp³-hybridized carbons (Fsp3) is 0.364. The molecular formula is C22H27NO6. The maximum Gasteiger partial charge on any atom is 0.310 e. The number of hydrogen-bond donors (Lipinski definition) is 1. The Labute approximate surface area is 170 Å². The van der Waals surface area contributed by atoms with Crippen LogP contribution >= 0.6 is 0 Å². The number of methoxy groups -OCH3 is 2. The van der Waals surface area contributed by atoms with Gasteiger partial charge in [-0.05, 0) is 43.2 Å². The number of para-hydroxylation sites is 1. The first-order valence-corrected chi connectivity index (χ1v) is 9.31. The molecular weight excluding hydrogens is 374 g/mol. The summed E-state index contributed by atoms with van der Waals surface area (Å²) in [5.41, 5.74) is 1.82. The number of ether oxygens (including phenoxy) is 4. The number of carbonyl (C=O) groups is 2. The Hall–Kier alpha value is -3.22. The topological polar surface area (TPSA) is 83.1 Å². The molecule has 1 atom stereocenters. The van der Waals surface area contributed by atoms with E-state index in [-0.39, 0.29) is 25.5 Å². The largest absolute Gasteiger partial charge is 0.493 e. The molecule has 0 fully saturated rings. The monoisotopic (exact) mass is 401 g/mol. The SMILES string of the molecule is COc1ccc(CNC(=O)[C@H](C)OC(=O)CCOc2ccccc2C)cc1OC. The van der Waals surface area contributed by atoms with E-state index in [1.54, 1.807) is 26.4 Å². The normalized spacial score (nSPS) is 11.3. The maximum atomic E-state index is 12.2. The maximum absolute atomic E-state index is 12.2. The van der Waals surface area contributed by atoms with Crippen LogP contribution in [-0.2, 0) is 20.9 Å². The molecule has 0 aliphatic heterocycles. The summed E-state index contributed by atoms with van der Waals surface area (Å²) in [5.74, 6) is 1.03. The molecule has 0 aliphatic carbocycles. The predicted molar refractivity (Wildman–Crippen MR) is 108 cm³/mol. The molecule has 0 unspecified atom stereocenters. The van der Waals surface area contributed by atoms with Gasteiger partial charge in [0.25, 0.3) is 5.91 Å². The minimum Gasteiger partial charge on any atom is -0.493 e. The summed E-state index contributed by atoms with van der Waals surface area (Å²) in [6.45, 7) is 3.92. The lowest BCUT2D eigenvalue weighted by atomic mass is 10.2. The molecule has 0 saturated carbocycles. The molecule has 0 aliphatic rings. The highest BCUT2D eigenvalue weighted by molar-refractivity contribution is 5.83. The Morgan fingerprint density at radius 3 is 2.41 bits per heavy atom. The third kappa shape index (κ3) is 6.71. The van der Waals surface area contributed by atoms with Gasteiger partial charge in [-0.2, -0.15) is 0 Å². The van der Waals surface area contributed by atoms with E-state index in [9.17, 15) is 9.59 Å². The van der Waals surface area contributed by atoms with E-state index < -0.39 is 12.1 Å². The van der Waals surface area contributed by atoms with Gasteiger partial charge in [0.15, 0.2) is 17.6 Å². The molecule has 2 rings (SSSR count). The van der Waals surface area contributed by atoms with Crippen LogP contribution in [0.3, 0.4) is 0 Å². The van der Waals surface area contributed by atoms with Crippen molar-refractivity contribution in [2.45, 2.75) is 32.9 Å². The van der Waals surface area contributed by atoms with Gasteiger partial charge in [0, 0.05) is 6.54 Å². The molecule has 29 heavy (non-hydrogen) atoms. The van der Waals surface area contributed by atoms with Crippen molar-refractivity contribution in [3.05, 3.63) is 53.6 Å². The zero-order valence-electron chi connectivity index (χ0n) is 17.2. The van der Waals surface area contributed by atoms with E-state index in [0.717, 1.165) is 16.9 Å². The van der Waals surface area contributed by atoms with Gasteiger partial charge in [-0.25, -0.2) is 0 Å². The van der Waals surface area contributed by atoms with Crippen molar-refractivity contribution in [2.75, 3.05) is 20.8 Å². The Morgan fingerprint density at radius 1 is 1.00 bits per heavy atom. The van der Waals surface area contributed by atoms with E-state index in [4.69, 9.17) is 18.9 Å². The summed E-state index contributed by atoms with van der Waals surface area (Å²) in [6.07, 6.45) is -0.845. The van der Waals surface area contributed by atoms with E-state index in [0.29, 0.717) is 11.5 Å². The third-order valence-electron chi connectivity index (χ3n) is 4.25. The van der Waals surface area contributed by atoms with Crippen LogP contribution < -0.4 is 19.5 Å². The number of aryl methyl sites for hydroxylation is 1. The van der Waals surface area contributed by atoms with Gasteiger partial charge in [0.2, 0.25) is 0 Å². The number of amides is 1. The summed E-state index contributed by atoms with van der Waals surface area (Å²) in [5, 5.41) is 2.74. The van der Waals surface area contributed by atoms with Crippen LogP contribution in [0, 0.1) is 6.92 Å². The smallest absolute Gasteiger partial charge is 0.310 e. The van der Waals surface area contributed by atoms with Crippen LogP contribution in [0.15, 0.2) is 42.5 Å². The molecule has 0 heterocycles. The minimum atomic E-state index is -0.902. The number of rotatable bonds is 10. The molecule has 0 bridgehead atoms. The second-order valence-electron chi connectivity index (χ2n) is 6.40. The number of nitrogens with one attached hydrogen (secondary N) is 1. The van der Waals surface area contributed by atoms with Crippen molar-refractivity contribution >= 4 is 11.9 Å². The van der Waals surface area contributed by atoms with Crippen LogP contribution in [0.25, 0.3) is 0 Å². The van der Waals surface area contributed by atoms with Crippen LogP contribution in [-0.4, -0.2) is 38.8 Å². The van der Waals surface area contributed by atoms with E-state index >= 15 is 0 Å². The first-order chi connectivity index (χ1) is 13.9. The first kappa shape index (κ1) is 22.1. The van der Waals surface area contributed by atoms with E-state index in [2.05, 4.69) is 5.32 Å². The lowest BCUT2D eigenvalue weighted by molar-refractivity contribution is -0.155. The van der Waals surface area contributed by atoms with Gasteiger partial charge >= 0.3 is 5.97 Å². The second-order valence-corrected chi connectivity index (χ2v) is 6.40. The summed E-state index contributed by atoms with van der Waals surface area (Å²) in [6, 6.07) is 12.9. The summed E-state index contributed by atoms with van der Waals surface area (Å²) >= 11 is 0. The molecule has 1 N–H and O–H groups in total. The van der Waals surface area contributed by atoms with Crippen molar-refractivity contribution in [2.24, 2.45) is 0 Å². The highest BCUT2D eigenvalue weighted by Crippen LogP contribution is 2.27. The van der Waals surface area contributed by atoms with Crippen molar-refractivity contribution < 1.29 is 28.5 Å². The van der Waals surface area contributed by atoms with Crippen LogP contribution in [0.5, 0.6) is 17.2 Å². The number of esters is 1. The fourth-order valence-corrected chi connectivity index (χ4v) is 2.60. The van der Waals surface area contributed by atoms with E-state index in [1.165, 1.54) is 6.92 Å². The Bertz CT molecular complexity index is 836. The zero-order valence-corrected chi connectivity index (χ0v) is 17.2. The second kappa shape index (κ2) is 10.9. The van der Waals surface area contributed by atoms with Gasteiger partial charge in [-0.1, -0.05) is 24.3 Å². The number of carbonyl (C=O) groups excluding carboxylic acids is 2. The molecule has 2 aromatic carbocycles. The van der Waals surface area contributed by atoms with Gasteiger partial charge in [0.05, 0.1) is 27.2 Å². The number of benzene rings is 2. The fourth-order valence-electron chi connectivity index (χ4n) is 2.60. The van der Waals surface area contributed by atoms with E-state index in [1.807, 2.05) is 37.3 Å². The molecule has 2 aromatic rings. The minimum absolute atomic E-state index is 0.0572. The predicted octanol–water partition coefficient (Wildman–Crippen LogP) is 3.03. The Kier molecular flexibility index (Phi) is 8.33. The summed E-state index contributed by atoms with van der Waals surface area (Å²) in [4.78, 5) is 24.1. The standard InChI is InChI=1S/C22H27NO6/c1-15-7-5-6-8-18(15)28-12-11-21(24)29-16(2)22(25)23-14-17-9-10-19(26-3)20(13-17)27-4/h5-10,13,16H,11-12,14H2,1-4H3,(H,23,25)/t16-/m0/s1. The van der Waals surface area contributed by atoms with Gasteiger partial charge in [-0.3, -0.25) is 9.59 Å². The zero-order chi connectivity index (χ0) is 21.2. The number of hydrogen-bond acceptors (Lipinski definition) is 6. The van der Waals surface area contributed by atoms with Crippen molar-refractivity contribution in [1.29, 1.82) is 0 Å². The Morgan fingerprint density at radius 2 is 1.72 bits per heavy atom. The van der Waals surface area contributed by atoms with Gasteiger partial charge < -0.3 is 24.3 Å². The van der Waals surface area contributed by atoms with Crippen LogP contribution in [0.1, 0.15) is 24.5 Å². The third-order valence-corrected chi connectivity index (χ3v) is 4.25. The average molecular weight is 401 g/mol. The first-order valence-electron chi connectivity index (χ1n) is 9.31. The lowest BCUT2D eigenvalue weighted by Crippen LogP contribution is -2.35. The molecule has 156 valence electrons. The quantitative estimate of drug-likeness (QED) is 0.616. The summed E-state index contributed by atoms with van der Waals surface area (Å²) < 4.78 is 21.2. The molecule has 7 nitrogen and oxygen atoms in total. The van der Waals surface area contributed by atoms with Crippen LogP contribution in [0.4, 0.5) is 0 Å². The highest BCUT2D eigenvalue weighted by atomic mass is 16.6. The lowest BCUT2D eigenvalue weighted by Gasteiger charge is -2.15. The summed E-state index contributed by atoms with van der Waals surface area (Å²) in [7, 11) is 3.10. The van der Waals surface area contributed by atoms with Crippen molar-refractivity contribution in [1.82, 2.24) is 5.32 Å². The van der Waals surface area contributed by atoms with Crippen LogP contribution in [0.2, 0.25) is 0 Å². The van der Waals surface area contributed by atoms with Gasteiger partial charge in [-0.15, -0.1) is 0 Å². The average Bonchev–Trinajstić information content (AvgIpc) is 2.73. The van der Waals surface area contributed by atoms with Crippen molar-refractivity contribution in [3.63, 3.8) is 0 Å².